The fourth-order valence-corrected chi connectivity index (χ4v) is 1.31. The quantitative estimate of drug-likeness (QED) is 0.565. The molecule has 0 aromatic heterocycles. The van der Waals surface area contributed by atoms with Gasteiger partial charge in [0.25, 0.3) is 0 Å². The summed E-state index contributed by atoms with van der Waals surface area (Å²) in [6.07, 6.45) is 3.70. The zero-order chi connectivity index (χ0) is 10.4. The van der Waals surface area contributed by atoms with Crippen LogP contribution in [0.4, 0.5) is 0 Å². The Kier molecular flexibility index (Phi) is 4.35. The topological polar surface area (TPSA) is 49.4 Å². The molecular formula is C10H11O3S-. The number of rotatable bonds is 4. The van der Waals surface area contributed by atoms with E-state index in [0.717, 1.165) is 23.8 Å². The van der Waals surface area contributed by atoms with E-state index in [-0.39, 0.29) is 0 Å². The largest absolute Gasteiger partial charge is 0.740 e. The summed E-state index contributed by atoms with van der Waals surface area (Å²) < 4.78 is 24.4. The van der Waals surface area contributed by atoms with Crippen molar-refractivity contribution < 1.29 is 12.9 Å². The predicted octanol–water partition coefficient (Wildman–Crippen LogP) is 2.03. The zero-order valence-corrected chi connectivity index (χ0v) is 8.62. The highest BCUT2D eigenvalue weighted by Gasteiger charge is 1.94. The van der Waals surface area contributed by atoms with E-state index in [2.05, 4.69) is 4.18 Å². The molecule has 0 spiro atoms. The van der Waals surface area contributed by atoms with Gasteiger partial charge in [0.05, 0.1) is 0 Å². The molecular weight excluding hydrogens is 200 g/mol. The summed E-state index contributed by atoms with van der Waals surface area (Å²) in [5.41, 5.74) is 2.13. The third-order valence-corrected chi connectivity index (χ3v) is 2.09. The first kappa shape index (κ1) is 10.9. The van der Waals surface area contributed by atoms with E-state index in [0.29, 0.717) is 0 Å². The predicted molar refractivity (Wildman–Crippen MR) is 54.9 cm³/mol. The highest BCUT2D eigenvalue weighted by molar-refractivity contribution is 7.74. The highest BCUT2D eigenvalue weighted by Crippen LogP contribution is 2.11. The molecule has 76 valence electrons. The molecule has 0 saturated heterocycles. The summed E-state index contributed by atoms with van der Waals surface area (Å²) in [6, 6.07) is 7.75. The van der Waals surface area contributed by atoms with Gasteiger partial charge in [0, 0.05) is 0 Å². The summed E-state index contributed by atoms with van der Waals surface area (Å²) >= 11 is -2.48. The molecule has 1 unspecified atom stereocenters. The van der Waals surface area contributed by atoms with Crippen LogP contribution in [0.15, 0.2) is 30.5 Å². The van der Waals surface area contributed by atoms with Crippen LogP contribution in [0.2, 0.25) is 0 Å². The maximum atomic E-state index is 10.1. The maximum absolute atomic E-state index is 10.1. The first-order valence-corrected chi connectivity index (χ1v) is 5.25. The van der Waals surface area contributed by atoms with Crippen LogP contribution in [0.25, 0.3) is 6.08 Å². The summed E-state index contributed by atoms with van der Waals surface area (Å²) in [6.45, 7) is 2.04. The van der Waals surface area contributed by atoms with E-state index in [1.54, 1.807) is 6.08 Å². The van der Waals surface area contributed by atoms with Crippen molar-refractivity contribution in [2.24, 2.45) is 0 Å². The highest BCUT2D eigenvalue weighted by atomic mass is 32.2. The number of benzene rings is 1. The lowest BCUT2D eigenvalue weighted by molar-refractivity contribution is 0.407. The molecule has 0 aliphatic carbocycles. The average molecular weight is 211 g/mol. The summed E-state index contributed by atoms with van der Waals surface area (Å²) in [5.74, 6) is 0. The molecule has 3 nitrogen and oxygen atoms in total. The van der Waals surface area contributed by atoms with Gasteiger partial charge < -0.3 is 8.74 Å². The lowest BCUT2D eigenvalue weighted by Crippen LogP contribution is -1.88. The Hall–Kier alpha value is -1.13. The SMILES string of the molecule is CCc1ccccc1C=COS(=O)[O-]. The molecule has 0 radical (unpaired) electrons. The molecule has 1 aromatic rings. The normalized spacial score (nSPS) is 13.0. The number of aryl methyl sites for hydroxylation is 1. The molecule has 4 heteroatoms. The molecule has 0 amide bonds. The Morgan fingerprint density at radius 1 is 1.50 bits per heavy atom. The molecule has 1 atom stereocenters. The molecule has 0 saturated carbocycles. The second-order valence-electron chi connectivity index (χ2n) is 2.66. The van der Waals surface area contributed by atoms with Crippen LogP contribution in [0, 0.1) is 0 Å². The van der Waals surface area contributed by atoms with Crippen molar-refractivity contribution in [1.82, 2.24) is 0 Å². The molecule has 0 aliphatic heterocycles. The van der Waals surface area contributed by atoms with E-state index in [1.165, 1.54) is 0 Å². The summed E-state index contributed by atoms with van der Waals surface area (Å²) in [7, 11) is 0. The van der Waals surface area contributed by atoms with Crippen LogP contribution in [-0.2, 0) is 22.0 Å². The van der Waals surface area contributed by atoms with Crippen LogP contribution < -0.4 is 0 Å². The third-order valence-electron chi connectivity index (χ3n) is 1.82. The van der Waals surface area contributed by atoms with E-state index in [1.807, 2.05) is 31.2 Å². The van der Waals surface area contributed by atoms with Gasteiger partial charge in [-0.3, -0.25) is 0 Å². The molecule has 0 fully saturated rings. The van der Waals surface area contributed by atoms with Crippen LogP contribution in [0.1, 0.15) is 18.1 Å². The van der Waals surface area contributed by atoms with Gasteiger partial charge in [-0.05, 0) is 23.6 Å². The van der Waals surface area contributed by atoms with Crippen molar-refractivity contribution in [2.75, 3.05) is 0 Å². The monoisotopic (exact) mass is 211 g/mol. The standard InChI is InChI=1S/C10H12O3S/c1-2-9-5-3-4-6-10(9)7-8-13-14(11)12/h3-8H,2H2,1H3,(H,11,12)/p-1. The molecule has 0 N–H and O–H groups in total. The van der Waals surface area contributed by atoms with Crippen molar-refractivity contribution in [3.05, 3.63) is 41.7 Å². The van der Waals surface area contributed by atoms with Crippen molar-refractivity contribution >= 4 is 17.4 Å². The van der Waals surface area contributed by atoms with Crippen LogP contribution >= 0.6 is 0 Å². The average Bonchev–Trinajstić information content (AvgIpc) is 2.18. The van der Waals surface area contributed by atoms with Gasteiger partial charge in [-0.25, -0.2) is 4.21 Å². The Bertz CT molecular complexity index is 347. The Balaban J connectivity index is 2.75. The van der Waals surface area contributed by atoms with E-state index in [4.69, 9.17) is 0 Å². The van der Waals surface area contributed by atoms with Gasteiger partial charge in [-0.1, -0.05) is 31.2 Å². The van der Waals surface area contributed by atoms with Gasteiger partial charge in [0.15, 0.2) is 0 Å². The van der Waals surface area contributed by atoms with Crippen LogP contribution in [0.3, 0.4) is 0 Å². The van der Waals surface area contributed by atoms with Gasteiger partial charge in [-0.2, -0.15) is 0 Å². The van der Waals surface area contributed by atoms with E-state index < -0.39 is 11.4 Å². The summed E-state index contributed by atoms with van der Waals surface area (Å²) in [4.78, 5) is 0. The molecule has 14 heavy (non-hydrogen) atoms. The third kappa shape index (κ3) is 3.32. The number of hydrogen-bond acceptors (Lipinski definition) is 3. The Morgan fingerprint density at radius 2 is 2.21 bits per heavy atom. The van der Waals surface area contributed by atoms with Gasteiger partial charge in [-0.15, -0.1) is 0 Å². The van der Waals surface area contributed by atoms with Crippen molar-refractivity contribution in [3.8, 4) is 0 Å². The van der Waals surface area contributed by atoms with Crippen LogP contribution in [-0.4, -0.2) is 8.76 Å². The molecule has 0 heterocycles. The lowest BCUT2D eigenvalue weighted by atomic mass is 10.1. The lowest BCUT2D eigenvalue weighted by Gasteiger charge is -2.03. The fraction of sp³-hybridized carbons (Fsp3) is 0.200. The Labute approximate surface area is 85.9 Å². The minimum atomic E-state index is -2.48. The van der Waals surface area contributed by atoms with Gasteiger partial charge in [0.2, 0.25) is 0 Å². The van der Waals surface area contributed by atoms with E-state index >= 15 is 0 Å². The molecule has 1 rings (SSSR count). The fourth-order valence-electron chi connectivity index (χ4n) is 1.17. The first-order chi connectivity index (χ1) is 6.74. The smallest absolute Gasteiger partial charge is 0.138 e. The molecule has 0 aliphatic rings. The Morgan fingerprint density at radius 3 is 2.86 bits per heavy atom. The molecule has 1 aromatic carbocycles. The second-order valence-corrected chi connectivity index (χ2v) is 3.26. The maximum Gasteiger partial charge on any atom is 0.138 e. The molecule has 0 bridgehead atoms. The zero-order valence-electron chi connectivity index (χ0n) is 7.80. The van der Waals surface area contributed by atoms with Crippen molar-refractivity contribution in [2.45, 2.75) is 13.3 Å². The van der Waals surface area contributed by atoms with Crippen LogP contribution in [0.5, 0.6) is 0 Å². The second kappa shape index (κ2) is 5.57. The van der Waals surface area contributed by atoms with Crippen molar-refractivity contribution in [3.63, 3.8) is 0 Å². The summed E-state index contributed by atoms with van der Waals surface area (Å²) in [5, 5.41) is 0. The number of hydrogen-bond donors (Lipinski definition) is 0. The minimum Gasteiger partial charge on any atom is -0.740 e. The van der Waals surface area contributed by atoms with E-state index in [9.17, 15) is 8.76 Å². The minimum absolute atomic E-state index is 0.904. The van der Waals surface area contributed by atoms with Crippen molar-refractivity contribution in [1.29, 1.82) is 0 Å². The van der Waals surface area contributed by atoms with Gasteiger partial charge >= 0.3 is 0 Å². The van der Waals surface area contributed by atoms with Gasteiger partial charge in [0.1, 0.15) is 17.6 Å². The first-order valence-electron chi connectivity index (χ1n) is 4.25.